The lowest BCUT2D eigenvalue weighted by Crippen LogP contribution is -2.20. The second kappa shape index (κ2) is 7.46. The van der Waals surface area contributed by atoms with Crippen molar-refractivity contribution in [2.75, 3.05) is 20.7 Å². The normalized spacial score (nSPS) is 10.8. The summed E-state index contributed by atoms with van der Waals surface area (Å²) in [4.78, 5) is 2.33. The van der Waals surface area contributed by atoms with Crippen LogP contribution in [0, 0.1) is 0 Å². The minimum absolute atomic E-state index is 0.876. The zero-order valence-corrected chi connectivity index (χ0v) is 13.6. The summed E-state index contributed by atoms with van der Waals surface area (Å²) in [6, 6.07) is 16.8. The van der Waals surface area contributed by atoms with Gasteiger partial charge in [0.1, 0.15) is 5.75 Å². The van der Waals surface area contributed by atoms with Gasteiger partial charge in [0.25, 0.3) is 0 Å². The summed E-state index contributed by atoms with van der Waals surface area (Å²) in [7, 11) is 3.84. The molecule has 3 heteroatoms. The summed E-state index contributed by atoms with van der Waals surface area (Å²) in [5.74, 6) is 0.876. The fraction of sp³-hybridized carbons (Fsp3) is 0.294. The number of ether oxygens (including phenoxy) is 1. The molecule has 0 spiro atoms. The monoisotopic (exact) mass is 333 g/mol. The molecule has 0 amide bonds. The molecule has 20 heavy (non-hydrogen) atoms. The second-order valence-electron chi connectivity index (χ2n) is 4.94. The van der Waals surface area contributed by atoms with Crippen LogP contribution in [0.1, 0.15) is 11.1 Å². The third-order valence-electron chi connectivity index (χ3n) is 3.29. The molecule has 0 heterocycles. The maximum absolute atomic E-state index is 5.25. The van der Waals surface area contributed by atoms with Crippen LogP contribution in [0.15, 0.2) is 53.0 Å². The first-order valence-corrected chi connectivity index (χ1v) is 7.53. The summed E-state index contributed by atoms with van der Waals surface area (Å²) in [6.07, 6.45) is 1.08. The van der Waals surface area contributed by atoms with E-state index in [0.29, 0.717) is 0 Å². The van der Waals surface area contributed by atoms with E-state index in [9.17, 15) is 0 Å². The van der Waals surface area contributed by atoms with Gasteiger partial charge in [0.2, 0.25) is 0 Å². The highest BCUT2D eigenvalue weighted by Gasteiger charge is 2.04. The SMILES string of the molecule is COc1ccc(CN(C)CCc2ccccc2)cc1Br. The molecule has 0 radical (unpaired) electrons. The van der Waals surface area contributed by atoms with E-state index in [2.05, 4.69) is 70.3 Å². The molecule has 2 nitrogen and oxygen atoms in total. The van der Waals surface area contributed by atoms with Crippen LogP contribution in [0.5, 0.6) is 5.75 Å². The quantitative estimate of drug-likeness (QED) is 0.787. The van der Waals surface area contributed by atoms with Gasteiger partial charge in [-0.2, -0.15) is 0 Å². The van der Waals surface area contributed by atoms with Crippen LogP contribution in [0.2, 0.25) is 0 Å². The van der Waals surface area contributed by atoms with Gasteiger partial charge in [-0.05, 0) is 52.7 Å². The lowest BCUT2D eigenvalue weighted by molar-refractivity contribution is 0.331. The fourth-order valence-electron chi connectivity index (χ4n) is 2.16. The molecule has 0 aromatic heterocycles. The summed E-state index contributed by atoms with van der Waals surface area (Å²) in [5.41, 5.74) is 2.67. The van der Waals surface area contributed by atoms with Crippen LogP contribution in [-0.2, 0) is 13.0 Å². The van der Waals surface area contributed by atoms with Crippen LogP contribution in [0.4, 0.5) is 0 Å². The van der Waals surface area contributed by atoms with Crippen molar-refractivity contribution in [2.45, 2.75) is 13.0 Å². The van der Waals surface area contributed by atoms with Gasteiger partial charge in [-0.1, -0.05) is 36.4 Å². The fourth-order valence-corrected chi connectivity index (χ4v) is 2.75. The average molecular weight is 334 g/mol. The van der Waals surface area contributed by atoms with E-state index in [1.165, 1.54) is 11.1 Å². The molecule has 2 aromatic rings. The predicted molar refractivity (Wildman–Crippen MR) is 87.2 cm³/mol. The predicted octanol–water partition coefficient (Wildman–Crippen LogP) is 4.13. The molecule has 0 aliphatic heterocycles. The molecule has 0 N–H and O–H groups in total. The number of likely N-dealkylation sites (N-methyl/N-ethyl adjacent to an activating group) is 1. The molecule has 0 aliphatic carbocycles. The largest absolute Gasteiger partial charge is 0.496 e. The van der Waals surface area contributed by atoms with Crippen molar-refractivity contribution in [1.29, 1.82) is 0 Å². The Bertz CT molecular complexity index is 542. The van der Waals surface area contributed by atoms with Gasteiger partial charge in [0, 0.05) is 13.1 Å². The van der Waals surface area contributed by atoms with E-state index in [4.69, 9.17) is 4.74 Å². The molecule has 0 unspecified atom stereocenters. The molecule has 2 rings (SSSR count). The maximum Gasteiger partial charge on any atom is 0.133 e. The van der Waals surface area contributed by atoms with Gasteiger partial charge in [-0.15, -0.1) is 0 Å². The van der Waals surface area contributed by atoms with Gasteiger partial charge in [0.15, 0.2) is 0 Å². The zero-order valence-electron chi connectivity index (χ0n) is 12.0. The first-order valence-electron chi connectivity index (χ1n) is 6.74. The van der Waals surface area contributed by atoms with E-state index in [1.807, 2.05) is 6.07 Å². The number of halogens is 1. The smallest absolute Gasteiger partial charge is 0.133 e. The van der Waals surface area contributed by atoms with E-state index in [0.717, 1.165) is 29.7 Å². The average Bonchev–Trinajstić information content (AvgIpc) is 2.46. The van der Waals surface area contributed by atoms with Gasteiger partial charge in [-0.25, -0.2) is 0 Å². The number of hydrogen-bond donors (Lipinski definition) is 0. The van der Waals surface area contributed by atoms with Crippen molar-refractivity contribution < 1.29 is 4.74 Å². The number of hydrogen-bond acceptors (Lipinski definition) is 2. The summed E-state index contributed by atoms with van der Waals surface area (Å²) < 4.78 is 6.26. The minimum Gasteiger partial charge on any atom is -0.496 e. The molecule has 106 valence electrons. The molecule has 0 aliphatic rings. The minimum atomic E-state index is 0.876. The lowest BCUT2D eigenvalue weighted by atomic mass is 10.1. The van der Waals surface area contributed by atoms with Crippen LogP contribution < -0.4 is 4.74 Å². The highest BCUT2D eigenvalue weighted by Crippen LogP contribution is 2.25. The van der Waals surface area contributed by atoms with Gasteiger partial charge >= 0.3 is 0 Å². The molecule has 0 saturated heterocycles. The molecule has 0 saturated carbocycles. The van der Waals surface area contributed by atoms with Gasteiger partial charge in [-0.3, -0.25) is 0 Å². The lowest BCUT2D eigenvalue weighted by Gasteiger charge is -2.17. The molecular formula is C17H20BrNO. The molecular weight excluding hydrogens is 314 g/mol. The Morgan fingerprint density at radius 3 is 2.45 bits per heavy atom. The second-order valence-corrected chi connectivity index (χ2v) is 5.80. The Hall–Kier alpha value is -1.32. The maximum atomic E-state index is 5.25. The van der Waals surface area contributed by atoms with Crippen molar-refractivity contribution in [3.63, 3.8) is 0 Å². The first-order chi connectivity index (χ1) is 9.69. The summed E-state index contributed by atoms with van der Waals surface area (Å²) in [6.45, 7) is 1.99. The topological polar surface area (TPSA) is 12.5 Å². The van der Waals surface area contributed by atoms with E-state index >= 15 is 0 Å². The Labute approximate surface area is 129 Å². The Kier molecular flexibility index (Phi) is 5.62. The highest BCUT2D eigenvalue weighted by atomic mass is 79.9. The highest BCUT2D eigenvalue weighted by molar-refractivity contribution is 9.10. The van der Waals surface area contributed by atoms with Crippen molar-refractivity contribution in [3.05, 3.63) is 64.1 Å². The summed E-state index contributed by atoms with van der Waals surface area (Å²) in [5, 5.41) is 0. The van der Waals surface area contributed by atoms with Crippen molar-refractivity contribution in [3.8, 4) is 5.75 Å². The number of rotatable bonds is 6. The van der Waals surface area contributed by atoms with Crippen LogP contribution in [0.25, 0.3) is 0 Å². The third kappa shape index (κ3) is 4.36. The molecule has 0 bridgehead atoms. The van der Waals surface area contributed by atoms with Gasteiger partial charge in [0.05, 0.1) is 11.6 Å². The Morgan fingerprint density at radius 1 is 1.05 bits per heavy atom. The van der Waals surface area contributed by atoms with Crippen LogP contribution >= 0.6 is 15.9 Å². The first kappa shape index (κ1) is 15.1. The van der Waals surface area contributed by atoms with E-state index < -0.39 is 0 Å². The third-order valence-corrected chi connectivity index (χ3v) is 3.91. The van der Waals surface area contributed by atoms with Crippen molar-refractivity contribution in [2.24, 2.45) is 0 Å². The zero-order chi connectivity index (χ0) is 14.4. The van der Waals surface area contributed by atoms with E-state index in [-0.39, 0.29) is 0 Å². The van der Waals surface area contributed by atoms with E-state index in [1.54, 1.807) is 7.11 Å². The Balaban J connectivity index is 1.88. The van der Waals surface area contributed by atoms with Crippen molar-refractivity contribution >= 4 is 15.9 Å². The number of benzene rings is 2. The standard InChI is InChI=1S/C17H20BrNO/c1-19(11-10-14-6-4-3-5-7-14)13-15-8-9-17(20-2)16(18)12-15/h3-9,12H,10-11,13H2,1-2H3. The molecule has 2 aromatic carbocycles. The summed E-state index contributed by atoms with van der Waals surface area (Å²) >= 11 is 3.53. The van der Waals surface area contributed by atoms with Crippen LogP contribution in [0.3, 0.4) is 0 Å². The van der Waals surface area contributed by atoms with Crippen LogP contribution in [-0.4, -0.2) is 25.6 Å². The Morgan fingerprint density at radius 2 is 1.80 bits per heavy atom. The van der Waals surface area contributed by atoms with Crippen molar-refractivity contribution in [1.82, 2.24) is 4.90 Å². The molecule has 0 atom stereocenters. The number of methoxy groups -OCH3 is 1. The molecule has 0 fully saturated rings. The number of nitrogens with zero attached hydrogens (tertiary/aromatic N) is 1. The van der Waals surface area contributed by atoms with Gasteiger partial charge < -0.3 is 9.64 Å².